The van der Waals surface area contributed by atoms with Crippen LogP contribution in [0.4, 0.5) is 5.69 Å². The number of halogens is 2. The lowest BCUT2D eigenvalue weighted by atomic mass is 10.0. The molecule has 37 heavy (non-hydrogen) atoms. The highest BCUT2D eigenvalue weighted by Gasteiger charge is 2.30. The number of carbonyl (C=O) groups is 2. The highest BCUT2D eigenvalue weighted by atomic mass is 35.5. The Balaban J connectivity index is 1.67. The molecule has 2 aromatic rings. The van der Waals surface area contributed by atoms with Gasteiger partial charge in [-0.2, -0.15) is 0 Å². The van der Waals surface area contributed by atoms with E-state index in [1.54, 1.807) is 32.4 Å². The molecule has 1 aliphatic rings. The molecule has 0 bridgehead atoms. The maximum Gasteiger partial charge on any atom is 0.245 e. The van der Waals surface area contributed by atoms with Crippen molar-refractivity contribution in [3.8, 4) is 0 Å². The quantitative estimate of drug-likeness (QED) is 0.377. The number of piperazine rings is 1. The average Bonchev–Trinajstić information content (AvgIpc) is 2.89. The van der Waals surface area contributed by atoms with Gasteiger partial charge in [-0.1, -0.05) is 47.5 Å². The van der Waals surface area contributed by atoms with E-state index >= 15 is 0 Å². The Morgan fingerprint density at radius 3 is 2.46 bits per heavy atom. The zero-order chi connectivity index (χ0) is 26.8. The molecule has 1 aliphatic heterocycles. The third-order valence-corrected chi connectivity index (χ3v) is 6.98. The largest absolute Gasteiger partial charge is 0.383 e. The lowest BCUT2D eigenvalue weighted by Gasteiger charge is -2.38. The van der Waals surface area contributed by atoms with Crippen molar-refractivity contribution in [2.45, 2.75) is 32.0 Å². The van der Waals surface area contributed by atoms with Crippen LogP contribution in [0.5, 0.6) is 0 Å². The topological polar surface area (TPSA) is 85.9 Å². The summed E-state index contributed by atoms with van der Waals surface area (Å²) in [5.74, 6) is -0.354. The summed E-state index contributed by atoms with van der Waals surface area (Å²) in [6, 6.07) is 13.0. The Kier molecular flexibility index (Phi) is 11.5. The summed E-state index contributed by atoms with van der Waals surface area (Å²) in [4.78, 5) is 30.1. The van der Waals surface area contributed by atoms with Gasteiger partial charge in [-0.3, -0.25) is 9.59 Å². The number of nitrogens with zero attached hydrogens (tertiary/aromatic N) is 2. The van der Waals surface area contributed by atoms with E-state index in [9.17, 15) is 9.59 Å². The Morgan fingerprint density at radius 2 is 1.78 bits per heavy atom. The maximum absolute atomic E-state index is 13.6. The fourth-order valence-corrected chi connectivity index (χ4v) is 4.95. The first-order chi connectivity index (χ1) is 17.8. The van der Waals surface area contributed by atoms with Crippen molar-refractivity contribution in [1.29, 1.82) is 0 Å². The second-order valence-corrected chi connectivity index (χ2v) is 10.1. The number of anilines is 1. The van der Waals surface area contributed by atoms with Gasteiger partial charge in [0, 0.05) is 68.0 Å². The molecule has 1 saturated heterocycles. The van der Waals surface area contributed by atoms with Gasteiger partial charge >= 0.3 is 0 Å². The average molecular weight is 551 g/mol. The van der Waals surface area contributed by atoms with Crippen LogP contribution in [0.25, 0.3) is 0 Å². The molecule has 0 aliphatic carbocycles. The first-order valence-electron chi connectivity index (χ1n) is 12.5. The molecule has 1 heterocycles. The monoisotopic (exact) mass is 549 g/mol. The van der Waals surface area contributed by atoms with Gasteiger partial charge in [-0.05, 0) is 43.3 Å². The number of para-hydroxylation sites is 1. The molecule has 1 fully saturated rings. The minimum absolute atomic E-state index is 0.113. The molecular weight excluding hydrogens is 513 g/mol. The van der Waals surface area contributed by atoms with Gasteiger partial charge < -0.3 is 30.5 Å². The fraction of sp³-hybridized carbons (Fsp3) is 0.481. The number of rotatable bonds is 12. The summed E-state index contributed by atoms with van der Waals surface area (Å²) in [5.41, 5.74) is 3.13. The van der Waals surface area contributed by atoms with E-state index in [4.69, 9.17) is 27.9 Å². The molecule has 0 radical (unpaired) electrons. The molecule has 2 atom stereocenters. The minimum Gasteiger partial charge on any atom is -0.383 e. The fourth-order valence-electron chi connectivity index (χ4n) is 4.46. The van der Waals surface area contributed by atoms with Crippen molar-refractivity contribution in [1.82, 2.24) is 20.9 Å². The number of hydrogen-bond acceptors (Lipinski definition) is 6. The Bertz CT molecular complexity index is 1050. The molecule has 2 aromatic carbocycles. The van der Waals surface area contributed by atoms with Crippen molar-refractivity contribution < 1.29 is 14.3 Å². The molecule has 0 saturated carbocycles. The van der Waals surface area contributed by atoms with Gasteiger partial charge in [0.25, 0.3) is 0 Å². The first kappa shape index (κ1) is 29.2. The van der Waals surface area contributed by atoms with E-state index in [2.05, 4.69) is 39.9 Å². The normalized spacial score (nSPS) is 15.4. The van der Waals surface area contributed by atoms with Gasteiger partial charge in [-0.15, -0.1) is 0 Å². The summed E-state index contributed by atoms with van der Waals surface area (Å²) < 4.78 is 5.23. The van der Waals surface area contributed by atoms with Crippen LogP contribution in [0.15, 0.2) is 42.5 Å². The van der Waals surface area contributed by atoms with E-state index in [0.29, 0.717) is 49.3 Å². The standard InChI is InChI=1S/C27H37Cl2N5O3/c1-19(18-37-3)31-16-21-6-4-5-7-25(21)33-10-12-34(13-11-33)27(36)24(32-26(35)17-30-2)14-20-8-9-22(28)15-23(20)29/h4-9,15,19,24,30-31H,10-14,16-18H2,1-3H3,(H,32,35)/t19?,24-/m1/s1. The summed E-state index contributed by atoms with van der Waals surface area (Å²) in [7, 11) is 3.39. The summed E-state index contributed by atoms with van der Waals surface area (Å²) in [6.45, 7) is 6.14. The third-order valence-electron chi connectivity index (χ3n) is 6.39. The molecule has 3 N–H and O–H groups in total. The van der Waals surface area contributed by atoms with Crippen LogP contribution < -0.4 is 20.9 Å². The lowest BCUT2D eigenvalue weighted by Crippen LogP contribution is -2.56. The molecule has 0 aromatic heterocycles. The second-order valence-electron chi connectivity index (χ2n) is 9.27. The molecule has 8 nitrogen and oxygen atoms in total. The van der Waals surface area contributed by atoms with E-state index in [1.165, 1.54) is 11.3 Å². The zero-order valence-electron chi connectivity index (χ0n) is 21.7. The van der Waals surface area contributed by atoms with Gasteiger partial charge in [0.05, 0.1) is 13.2 Å². The van der Waals surface area contributed by atoms with Crippen LogP contribution in [-0.2, 0) is 27.3 Å². The molecule has 202 valence electrons. The van der Waals surface area contributed by atoms with Crippen LogP contribution >= 0.6 is 23.2 Å². The summed E-state index contributed by atoms with van der Waals surface area (Å²) in [6.07, 6.45) is 0.290. The predicted octanol–water partition coefficient (Wildman–Crippen LogP) is 2.71. The van der Waals surface area contributed by atoms with Crippen molar-refractivity contribution >= 4 is 40.7 Å². The molecule has 1 unspecified atom stereocenters. The van der Waals surface area contributed by atoms with E-state index in [1.807, 2.05) is 17.0 Å². The van der Waals surface area contributed by atoms with E-state index < -0.39 is 6.04 Å². The number of likely N-dealkylation sites (N-methyl/N-ethyl adjacent to an activating group) is 1. The summed E-state index contributed by atoms with van der Waals surface area (Å²) >= 11 is 12.4. The molecular formula is C27H37Cl2N5O3. The smallest absolute Gasteiger partial charge is 0.245 e. The number of hydrogen-bond donors (Lipinski definition) is 3. The first-order valence-corrected chi connectivity index (χ1v) is 13.3. The van der Waals surface area contributed by atoms with Crippen molar-refractivity contribution in [2.75, 3.05) is 58.4 Å². The Morgan fingerprint density at radius 1 is 1.05 bits per heavy atom. The van der Waals surface area contributed by atoms with Crippen LogP contribution in [-0.4, -0.2) is 82.3 Å². The van der Waals surface area contributed by atoms with Crippen molar-refractivity contribution in [3.05, 3.63) is 63.6 Å². The number of methoxy groups -OCH3 is 1. The number of carbonyl (C=O) groups excluding carboxylic acids is 2. The highest BCUT2D eigenvalue weighted by Crippen LogP contribution is 2.24. The van der Waals surface area contributed by atoms with Crippen LogP contribution in [0, 0.1) is 0 Å². The lowest BCUT2D eigenvalue weighted by molar-refractivity contribution is -0.136. The Labute approximate surface area is 229 Å². The molecule has 10 heteroatoms. The molecule has 2 amide bonds. The number of benzene rings is 2. The predicted molar refractivity (Wildman–Crippen MR) is 149 cm³/mol. The van der Waals surface area contributed by atoms with Crippen LogP contribution in [0.2, 0.25) is 10.0 Å². The SMILES string of the molecule is CNCC(=O)N[C@H](Cc1ccc(Cl)cc1Cl)C(=O)N1CCN(c2ccccc2CNC(C)COC)CC1. The van der Waals surface area contributed by atoms with Crippen LogP contribution in [0.3, 0.4) is 0 Å². The third kappa shape index (κ3) is 8.58. The van der Waals surface area contributed by atoms with Gasteiger partial charge in [0.1, 0.15) is 6.04 Å². The zero-order valence-corrected chi connectivity index (χ0v) is 23.2. The molecule has 3 rings (SSSR count). The highest BCUT2D eigenvalue weighted by molar-refractivity contribution is 6.35. The van der Waals surface area contributed by atoms with Gasteiger partial charge in [0.2, 0.25) is 11.8 Å². The maximum atomic E-state index is 13.6. The Hall–Kier alpha value is -2.36. The van der Waals surface area contributed by atoms with Crippen molar-refractivity contribution in [3.63, 3.8) is 0 Å². The van der Waals surface area contributed by atoms with Crippen LogP contribution in [0.1, 0.15) is 18.1 Å². The number of nitrogens with one attached hydrogen (secondary N) is 3. The van der Waals surface area contributed by atoms with E-state index in [-0.39, 0.29) is 24.4 Å². The van der Waals surface area contributed by atoms with Gasteiger partial charge in [-0.25, -0.2) is 0 Å². The number of amides is 2. The van der Waals surface area contributed by atoms with Crippen molar-refractivity contribution in [2.24, 2.45) is 0 Å². The summed E-state index contributed by atoms with van der Waals surface area (Å²) in [5, 5.41) is 10.2. The van der Waals surface area contributed by atoms with Gasteiger partial charge in [0.15, 0.2) is 0 Å². The molecule has 0 spiro atoms. The minimum atomic E-state index is -0.718. The van der Waals surface area contributed by atoms with E-state index in [0.717, 1.165) is 12.1 Å². The number of ether oxygens (including phenoxy) is 1. The second kappa shape index (κ2) is 14.5.